The normalized spacial score (nSPS) is 18.4. The van der Waals surface area contributed by atoms with Crippen LogP contribution < -0.4 is 0 Å². The molecule has 3 N–H and O–H groups in total. The molecule has 0 rings (SSSR count). The van der Waals surface area contributed by atoms with E-state index in [1.54, 1.807) is 27.7 Å². The maximum absolute atomic E-state index is 9.64. The summed E-state index contributed by atoms with van der Waals surface area (Å²) in [6, 6.07) is -0.876. The minimum Gasteiger partial charge on any atom is -0.411 e. The van der Waals surface area contributed by atoms with Crippen molar-refractivity contribution in [1.82, 2.24) is 5.06 Å². The molecule has 82 valence electrons. The fourth-order valence-corrected chi connectivity index (χ4v) is 0.885. The lowest BCUT2D eigenvalue weighted by molar-refractivity contribution is -0.116. The molecule has 0 fully saturated rings. The molecule has 0 aliphatic rings. The molecule has 0 heterocycles. The van der Waals surface area contributed by atoms with Crippen LogP contribution in [0.1, 0.15) is 27.7 Å². The van der Waals surface area contributed by atoms with E-state index in [9.17, 15) is 5.21 Å². The molecular formula is C8H17N3O3. The molecule has 0 aliphatic carbocycles. The minimum atomic E-state index is -0.438. The zero-order valence-electron chi connectivity index (χ0n) is 8.84. The van der Waals surface area contributed by atoms with Crippen molar-refractivity contribution in [3.63, 3.8) is 0 Å². The maximum Gasteiger partial charge on any atom is 0.0741 e. The van der Waals surface area contributed by atoms with E-state index in [0.29, 0.717) is 11.4 Å². The molecule has 0 spiro atoms. The Balaban J connectivity index is 4.54. The molecule has 0 aromatic rings. The smallest absolute Gasteiger partial charge is 0.0741 e. The van der Waals surface area contributed by atoms with Crippen molar-refractivity contribution in [2.45, 2.75) is 39.8 Å². The molecule has 2 atom stereocenters. The molecular weight excluding hydrogens is 186 g/mol. The molecule has 0 aromatic carbocycles. The number of nitrogens with zero attached hydrogens (tertiary/aromatic N) is 3. The number of hydrogen-bond acceptors (Lipinski definition) is 6. The maximum atomic E-state index is 9.64. The fraction of sp³-hybridized carbons (Fsp3) is 0.750. The van der Waals surface area contributed by atoms with E-state index in [-0.39, 0.29) is 0 Å². The van der Waals surface area contributed by atoms with Crippen LogP contribution >= 0.6 is 0 Å². The first-order chi connectivity index (χ1) is 6.45. The SMILES string of the molecule is C/C(=N/O)C(C)N(O)C(C)/C(C)=N/O. The van der Waals surface area contributed by atoms with Crippen LogP contribution in [-0.2, 0) is 0 Å². The highest BCUT2D eigenvalue weighted by molar-refractivity contribution is 5.89. The van der Waals surface area contributed by atoms with Gasteiger partial charge in [0.2, 0.25) is 0 Å². The second kappa shape index (κ2) is 5.56. The lowest BCUT2D eigenvalue weighted by atomic mass is 10.1. The number of hydrogen-bond donors (Lipinski definition) is 3. The fourth-order valence-electron chi connectivity index (χ4n) is 0.885. The van der Waals surface area contributed by atoms with Gasteiger partial charge in [-0.2, -0.15) is 5.06 Å². The number of hydroxylamine groups is 2. The van der Waals surface area contributed by atoms with E-state index in [4.69, 9.17) is 10.4 Å². The van der Waals surface area contributed by atoms with Gasteiger partial charge in [-0.3, -0.25) is 0 Å². The average molecular weight is 203 g/mol. The average Bonchev–Trinajstić information content (AvgIpc) is 2.23. The minimum absolute atomic E-state index is 0.380. The van der Waals surface area contributed by atoms with Gasteiger partial charge in [-0.25, -0.2) is 0 Å². The summed E-state index contributed by atoms with van der Waals surface area (Å²) in [5.41, 5.74) is 0.759. The predicted molar refractivity (Wildman–Crippen MR) is 52.3 cm³/mol. The van der Waals surface area contributed by atoms with Crippen LogP contribution in [-0.4, -0.2) is 44.2 Å². The van der Waals surface area contributed by atoms with Gasteiger partial charge in [-0.05, 0) is 27.7 Å². The summed E-state index contributed by atoms with van der Waals surface area (Å²) in [6.07, 6.45) is 0. The third-order valence-electron chi connectivity index (χ3n) is 2.32. The van der Waals surface area contributed by atoms with Crippen LogP contribution in [0, 0.1) is 0 Å². The largest absolute Gasteiger partial charge is 0.411 e. The van der Waals surface area contributed by atoms with Gasteiger partial charge in [0.15, 0.2) is 0 Å². The summed E-state index contributed by atoms with van der Waals surface area (Å²) in [4.78, 5) is 0. The van der Waals surface area contributed by atoms with Crippen molar-refractivity contribution >= 4 is 11.4 Å². The van der Waals surface area contributed by atoms with Crippen LogP contribution in [0.2, 0.25) is 0 Å². The van der Waals surface area contributed by atoms with E-state index < -0.39 is 12.1 Å². The Hall–Kier alpha value is -1.14. The summed E-state index contributed by atoms with van der Waals surface area (Å²) in [6.45, 7) is 6.53. The van der Waals surface area contributed by atoms with Gasteiger partial charge in [-0.1, -0.05) is 10.3 Å². The third-order valence-corrected chi connectivity index (χ3v) is 2.32. The van der Waals surface area contributed by atoms with Crippen LogP contribution in [0.15, 0.2) is 10.3 Å². The molecule has 6 nitrogen and oxygen atoms in total. The van der Waals surface area contributed by atoms with Gasteiger partial charge in [-0.15, -0.1) is 0 Å². The Morgan fingerprint density at radius 2 is 1.29 bits per heavy atom. The molecule has 0 amide bonds. The first-order valence-corrected chi connectivity index (χ1v) is 4.30. The van der Waals surface area contributed by atoms with E-state index in [1.807, 2.05) is 0 Å². The lowest BCUT2D eigenvalue weighted by Crippen LogP contribution is -2.44. The molecule has 6 heteroatoms. The lowest BCUT2D eigenvalue weighted by Gasteiger charge is -2.27. The molecule has 0 bridgehead atoms. The van der Waals surface area contributed by atoms with Crippen molar-refractivity contribution < 1.29 is 15.6 Å². The summed E-state index contributed by atoms with van der Waals surface area (Å²) in [7, 11) is 0. The van der Waals surface area contributed by atoms with Crippen molar-refractivity contribution in [2.24, 2.45) is 10.3 Å². The van der Waals surface area contributed by atoms with Crippen LogP contribution in [0.3, 0.4) is 0 Å². The molecule has 14 heavy (non-hydrogen) atoms. The molecule has 0 radical (unpaired) electrons. The topological polar surface area (TPSA) is 88.7 Å². The summed E-state index contributed by atoms with van der Waals surface area (Å²) in [5.74, 6) is 0. The van der Waals surface area contributed by atoms with Crippen LogP contribution in [0.5, 0.6) is 0 Å². The Labute approximate surface area is 83.1 Å². The second-order valence-electron chi connectivity index (χ2n) is 3.21. The summed E-state index contributed by atoms with van der Waals surface area (Å²) >= 11 is 0. The molecule has 2 unspecified atom stereocenters. The van der Waals surface area contributed by atoms with Gasteiger partial charge < -0.3 is 15.6 Å². The van der Waals surface area contributed by atoms with Gasteiger partial charge in [0.25, 0.3) is 0 Å². The molecule has 0 saturated carbocycles. The predicted octanol–water partition coefficient (Wildman–Crippen LogP) is 1.15. The van der Waals surface area contributed by atoms with Crippen molar-refractivity contribution in [3.05, 3.63) is 0 Å². The third kappa shape index (κ3) is 2.97. The van der Waals surface area contributed by atoms with Crippen molar-refractivity contribution in [1.29, 1.82) is 0 Å². The van der Waals surface area contributed by atoms with Crippen molar-refractivity contribution in [2.75, 3.05) is 0 Å². The molecule has 0 aromatic heterocycles. The van der Waals surface area contributed by atoms with E-state index in [1.165, 1.54) is 0 Å². The molecule has 0 saturated heterocycles. The van der Waals surface area contributed by atoms with E-state index >= 15 is 0 Å². The van der Waals surface area contributed by atoms with Gasteiger partial charge in [0.1, 0.15) is 0 Å². The van der Waals surface area contributed by atoms with Crippen LogP contribution in [0.4, 0.5) is 0 Å². The first kappa shape index (κ1) is 12.9. The quantitative estimate of drug-likeness (QED) is 0.363. The standard InChI is InChI=1S/C8H17N3O3/c1-5(9-12)7(3)11(14)8(4)6(2)10-13/h7-8,12-14H,1-4H3/b9-5-,10-6+. The highest BCUT2D eigenvalue weighted by Gasteiger charge is 2.22. The first-order valence-electron chi connectivity index (χ1n) is 4.30. The zero-order chi connectivity index (χ0) is 11.3. The van der Waals surface area contributed by atoms with Gasteiger partial charge >= 0.3 is 0 Å². The second-order valence-corrected chi connectivity index (χ2v) is 3.21. The Morgan fingerprint density at radius 3 is 1.50 bits per heavy atom. The Bertz CT molecular complexity index is 216. The molecule has 0 aliphatic heterocycles. The van der Waals surface area contributed by atoms with Gasteiger partial charge in [0.05, 0.1) is 23.5 Å². The summed E-state index contributed by atoms with van der Waals surface area (Å²) in [5, 5.41) is 33.6. The highest BCUT2D eigenvalue weighted by atomic mass is 16.5. The number of rotatable bonds is 4. The zero-order valence-corrected chi connectivity index (χ0v) is 8.84. The van der Waals surface area contributed by atoms with E-state index in [2.05, 4.69) is 10.3 Å². The summed E-state index contributed by atoms with van der Waals surface area (Å²) < 4.78 is 0. The Kier molecular flexibility index (Phi) is 5.11. The number of oxime groups is 2. The van der Waals surface area contributed by atoms with Crippen LogP contribution in [0.25, 0.3) is 0 Å². The van der Waals surface area contributed by atoms with Gasteiger partial charge in [0, 0.05) is 0 Å². The Morgan fingerprint density at radius 1 is 1.00 bits per heavy atom. The van der Waals surface area contributed by atoms with Crippen molar-refractivity contribution in [3.8, 4) is 0 Å². The monoisotopic (exact) mass is 203 g/mol. The van der Waals surface area contributed by atoms with E-state index in [0.717, 1.165) is 5.06 Å². The highest BCUT2D eigenvalue weighted by Crippen LogP contribution is 2.05.